The number of benzene rings is 3. The molecule has 5 heterocycles. The van der Waals surface area contributed by atoms with Gasteiger partial charge in [0.05, 0.1) is 15.9 Å². The number of nitrogens with one attached hydrogen (secondary N) is 5. The lowest BCUT2D eigenvalue weighted by Gasteiger charge is -2.39. The number of piperidine rings is 1. The predicted molar refractivity (Wildman–Crippen MR) is 295 cm³/mol. The van der Waals surface area contributed by atoms with E-state index in [0.29, 0.717) is 23.0 Å². The van der Waals surface area contributed by atoms with E-state index in [1.54, 1.807) is 7.05 Å². The fourth-order valence-corrected chi connectivity index (χ4v) is 13.0. The second kappa shape index (κ2) is 24.1. The summed E-state index contributed by atoms with van der Waals surface area (Å²) < 4.78 is 53.5. The first-order valence-corrected chi connectivity index (χ1v) is 30.8. The standard InChI is InChI=1S/C55H64FN10O15PS/c1-63-45-22-31(7-14-42(45)66(55(63)76)44-16-18-47(68)62-52(44)73)21-29-3-5-30(6-4-29)23-48(69)64-20-19-35-10-15-43(51(72)60-39(13-17-46(57)67)49(70)58-27-33-8-11-36(26-37(33)56)83(2,80)81)65(35)53(74)41(28-64)61-50(71)40-25-34-24-32(9-12-38(34)59-40)54(75)82(77,78)79/h7-9,11-12,14,22,24-26,29-30,35,39,41,43-44,59H,3-6,10,13,15-21,23,27-28H2,1-2H3,(H2,57,67)(H,58,70)(H,60,72)(H,61,71)(H,62,68,73)(H2,77,78,79)/t29-,30+,35?,39-,41-,43-,44?/m0/s1. The summed E-state index contributed by atoms with van der Waals surface area (Å²) in [5.41, 5.74) is 5.69. The number of primary amides is 1. The van der Waals surface area contributed by atoms with Crippen molar-refractivity contribution in [1.82, 2.24) is 45.2 Å². The summed E-state index contributed by atoms with van der Waals surface area (Å²) >= 11 is 0. The lowest BCUT2D eigenvalue weighted by molar-refractivity contribution is -0.146. The van der Waals surface area contributed by atoms with Crippen LogP contribution in [0.2, 0.25) is 0 Å². The molecule has 2 aromatic heterocycles. The SMILES string of the molecule is Cn1c(=O)n(C2CCC(=O)NC2=O)c2ccc(C[C@H]3CC[C@@H](CC(=O)N4CCC5CC[C@@H](C(=O)N[C@@H](CCC(N)=O)C(=O)NCc6ccc(S(C)(=O)=O)cc6F)N5C(=O)[C@@H](NC(=O)c5cc6cc(C(=O)P(=O)(O)O)ccc6[nH]5)C4)CC3)cc21. The minimum absolute atomic E-state index is 0.0114. The molecule has 83 heavy (non-hydrogen) atoms. The Kier molecular flexibility index (Phi) is 17.4. The van der Waals surface area contributed by atoms with Gasteiger partial charge in [0.1, 0.15) is 35.7 Å². The number of rotatable bonds is 18. The van der Waals surface area contributed by atoms with Gasteiger partial charge in [-0.05, 0) is 130 Å². The highest BCUT2D eigenvalue weighted by Gasteiger charge is 2.46. The van der Waals surface area contributed by atoms with Gasteiger partial charge in [0, 0.05) is 80.3 Å². The molecule has 8 amide bonds. The van der Waals surface area contributed by atoms with Gasteiger partial charge in [0.2, 0.25) is 41.4 Å². The number of nitrogens with two attached hydrogens (primary N) is 1. The van der Waals surface area contributed by atoms with Crippen LogP contribution in [0.5, 0.6) is 0 Å². The lowest BCUT2D eigenvalue weighted by Crippen LogP contribution is -2.62. The van der Waals surface area contributed by atoms with Gasteiger partial charge in [-0.25, -0.2) is 17.6 Å². The molecule has 9 rings (SSSR count). The Hall–Kier alpha value is -7.87. The number of sulfone groups is 1. The number of hydrogen-bond acceptors (Lipinski definition) is 13. The molecular formula is C55H64FN10O15PS. The van der Waals surface area contributed by atoms with Gasteiger partial charge in [-0.3, -0.25) is 62.2 Å². The number of hydrogen-bond donors (Lipinski definition) is 8. The summed E-state index contributed by atoms with van der Waals surface area (Å²) in [5.74, 6) is -5.78. The van der Waals surface area contributed by atoms with E-state index in [1.165, 1.54) is 55.3 Å². The summed E-state index contributed by atoms with van der Waals surface area (Å²) in [5, 5.41) is 10.4. The molecule has 28 heteroatoms. The van der Waals surface area contributed by atoms with Crippen molar-refractivity contribution in [3.63, 3.8) is 0 Å². The fourth-order valence-electron chi connectivity index (χ4n) is 11.9. The Labute approximate surface area is 474 Å². The van der Waals surface area contributed by atoms with Gasteiger partial charge in [-0.2, -0.15) is 0 Å². The average Bonchev–Trinajstić information content (AvgIpc) is 2.84. The zero-order chi connectivity index (χ0) is 59.8. The van der Waals surface area contributed by atoms with Crippen LogP contribution in [0, 0.1) is 17.7 Å². The molecule has 25 nitrogen and oxygen atoms in total. The van der Waals surface area contributed by atoms with Crippen molar-refractivity contribution in [1.29, 1.82) is 0 Å². The number of imide groups is 1. The molecule has 3 saturated heterocycles. The molecule has 442 valence electrons. The van der Waals surface area contributed by atoms with Crippen LogP contribution in [-0.4, -0.2) is 138 Å². The smallest absolute Gasteiger partial charge is 0.370 e. The maximum absolute atomic E-state index is 15.0. The third-order valence-electron chi connectivity index (χ3n) is 16.4. The summed E-state index contributed by atoms with van der Waals surface area (Å²) in [6, 6.07) is 8.41. The summed E-state index contributed by atoms with van der Waals surface area (Å²) in [6.07, 6.45) is 5.13. The van der Waals surface area contributed by atoms with Gasteiger partial charge >= 0.3 is 13.3 Å². The van der Waals surface area contributed by atoms with Gasteiger partial charge in [0.25, 0.3) is 11.4 Å². The zero-order valence-electron chi connectivity index (χ0n) is 45.4. The number of fused-ring (bicyclic) bond motifs is 3. The summed E-state index contributed by atoms with van der Waals surface area (Å²) in [7, 11) is -7.25. The molecule has 0 radical (unpaired) electrons. The quantitative estimate of drug-likeness (QED) is 0.0459. The number of carbonyl (C=O) groups is 9. The predicted octanol–water partition coefficient (Wildman–Crippen LogP) is 1.86. The molecule has 9 N–H and O–H groups in total. The first-order valence-electron chi connectivity index (χ1n) is 27.3. The lowest BCUT2D eigenvalue weighted by atomic mass is 9.78. The van der Waals surface area contributed by atoms with Gasteiger partial charge in [-0.1, -0.05) is 12.1 Å². The van der Waals surface area contributed by atoms with E-state index in [0.717, 1.165) is 43.6 Å². The molecule has 5 aromatic rings. The molecule has 0 bridgehead atoms. The Morgan fingerprint density at radius 3 is 2.30 bits per heavy atom. The molecule has 1 saturated carbocycles. The van der Waals surface area contributed by atoms with Crippen molar-refractivity contribution in [3.8, 4) is 0 Å². The normalized spacial score (nSPS) is 21.9. The van der Waals surface area contributed by atoms with E-state index in [9.17, 15) is 70.3 Å². The molecule has 4 aliphatic rings. The van der Waals surface area contributed by atoms with Crippen LogP contribution in [0.15, 0.2) is 70.4 Å². The molecule has 3 aliphatic heterocycles. The van der Waals surface area contributed by atoms with E-state index < -0.39 is 101 Å². The van der Waals surface area contributed by atoms with Crippen LogP contribution >= 0.6 is 7.60 Å². The van der Waals surface area contributed by atoms with Crippen molar-refractivity contribution in [3.05, 3.63) is 99.3 Å². The highest BCUT2D eigenvalue weighted by molar-refractivity contribution is 7.90. The van der Waals surface area contributed by atoms with Crippen LogP contribution in [0.4, 0.5) is 4.39 Å². The number of H-pyrrole nitrogens is 1. The van der Waals surface area contributed by atoms with Crippen LogP contribution in [0.1, 0.15) is 115 Å². The van der Waals surface area contributed by atoms with Gasteiger partial charge < -0.3 is 46.3 Å². The number of nitrogens with zero attached hydrogens (tertiary/aromatic N) is 4. The van der Waals surface area contributed by atoms with E-state index in [4.69, 9.17) is 5.73 Å². The van der Waals surface area contributed by atoms with Gasteiger partial charge in [0.15, 0.2) is 9.84 Å². The average molecular weight is 1190 g/mol. The maximum atomic E-state index is 15.0. The zero-order valence-corrected chi connectivity index (χ0v) is 47.1. The minimum Gasteiger partial charge on any atom is -0.370 e. The number of imidazole rings is 1. The fraction of sp³-hybridized carbons (Fsp3) is 0.455. The number of amides is 8. The van der Waals surface area contributed by atoms with E-state index in [1.807, 2.05) is 18.2 Å². The maximum Gasteiger partial charge on any atom is 0.396 e. The second-order valence-corrected chi connectivity index (χ2v) is 25.6. The van der Waals surface area contributed by atoms with Gasteiger partial charge in [-0.15, -0.1) is 0 Å². The van der Waals surface area contributed by atoms with Crippen LogP contribution in [0.3, 0.4) is 0 Å². The van der Waals surface area contributed by atoms with Crippen molar-refractivity contribution in [2.75, 3.05) is 19.3 Å². The Balaban J connectivity index is 0.893. The third kappa shape index (κ3) is 13.3. The summed E-state index contributed by atoms with van der Waals surface area (Å²) in [6.45, 7) is -0.600. The topological polar surface area (TPSA) is 369 Å². The number of aromatic amines is 1. The largest absolute Gasteiger partial charge is 0.396 e. The highest BCUT2D eigenvalue weighted by Crippen LogP contribution is 2.40. The minimum atomic E-state index is -5.15. The van der Waals surface area contributed by atoms with Crippen molar-refractivity contribution in [2.24, 2.45) is 24.6 Å². The van der Waals surface area contributed by atoms with Crippen LogP contribution in [-0.2, 0) is 68.0 Å². The van der Waals surface area contributed by atoms with Crippen molar-refractivity contribution < 1.29 is 70.3 Å². The van der Waals surface area contributed by atoms with Crippen LogP contribution in [0.25, 0.3) is 21.9 Å². The highest BCUT2D eigenvalue weighted by atomic mass is 32.2. The number of aromatic nitrogens is 3. The van der Waals surface area contributed by atoms with E-state index >= 15 is 4.79 Å². The van der Waals surface area contributed by atoms with Crippen LogP contribution < -0.4 is 32.7 Å². The molecule has 2 unspecified atom stereocenters. The monoisotopic (exact) mass is 1190 g/mol. The Morgan fingerprint density at radius 1 is 0.880 bits per heavy atom. The van der Waals surface area contributed by atoms with E-state index in [-0.39, 0.29) is 121 Å². The summed E-state index contributed by atoms with van der Waals surface area (Å²) in [4.78, 5) is 158. The molecule has 5 atom stereocenters. The molecule has 1 aliphatic carbocycles. The first-order chi connectivity index (χ1) is 39.2. The number of halogens is 1. The van der Waals surface area contributed by atoms with Crippen molar-refractivity contribution in [2.45, 2.75) is 125 Å². The number of carbonyl (C=O) groups excluding carboxylic acids is 9. The van der Waals surface area contributed by atoms with Crippen molar-refractivity contribution >= 4 is 92.2 Å². The molecular weight excluding hydrogens is 1120 g/mol. The molecule has 3 aromatic carbocycles. The molecule has 0 spiro atoms. The third-order valence-corrected chi connectivity index (χ3v) is 18.3. The Morgan fingerprint density at radius 2 is 1.61 bits per heavy atom. The van der Waals surface area contributed by atoms with E-state index in [2.05, 4.69) is 26.3 Å². The Bertz CT molecular complexity index is 3720. The first kappa shape index (κ1) is 59.7. The number of aryl methyl sites for hydroxylation is 1. The molecule has 4 fully saturated rings. The second-order valence-electron chi connectivity index (χ2n) is 22.1.